The summed E-state index contributed by atoms with van der Waals surface area (Å²) in [4.78, 5) is 35.5. The molecule has 2 unspecified atom stereocenters. The molecule has 0 spiro atoms. The molecular weight excluding hydrogens is 312 g/mol. The predicted molar refractivity (Wildman–Crippen MR) is 86.9 cm³/mol. The first-order valence-electron chi connectivity index (χ1n) is 8.04. The van der Waals surface area contributed by atoms with E-state index in [1.54, 1.807) is 38.1 Å². The average molecular weight is 336 g/mol. The Bertz CT molecular complexity index is 540. The summed E-state index contributed by atoms with van der Waals surface area (Å²) in [5.74, 6) is -2.19. The Morgan fingerprint density at radius 3 is 2.17 bits per heavy atom. The first-order chi connectivity index (χ1) is 11.5. The molecule has 0 aliphatic carbocycles. The average Bonchev–Trinajstić information content (AvgIpc) is 2.55. The van der Waals surface area contributed by atoms with E-state index in [4.69, 9.17) is 14.2 Å². The molecule has 6 heteroatoms. The molecule has 0 bridgehead atoms. The molecule has 0 saturated carbocycles. The lowest BCUT2D eigenvalue weighted by Crippen LogP contribution is -2.28. The van der Waals surface area contributed by atoms with E-state index in [9.17, 15) is 14.4 Å². The van der Waals surface area contributed by atoms with Crippen LogP contribution < -0.4 is 0 Å². The van der Waals surface area contributed by atoms with Crippen LogP contribution in [0.1, 0.15) is 45.3 Å². The lowest BCUT2D eigenvalue weighted by atomic mass is 9.91. The number of esters is 3. The van der Waals surface area contributed by atoms with Crippen molar-refractivity contribution < 1.29 is 28.6 Å². The van der Waals surface area contributed by atoms with E-state index >= 15 is 0 Å². The van der Waals surface area contributed by atoms with Crippen molar-refractivity contribution in [3.05, 3.63) is 35.9 Å². The monoisotopic (exact) mass is 336 g/mol. The van der Waals surface area contributed by atoms with Gasteiger partial charge in [-0.05, 0) is 25.8 Å². The Hall–Kier alpha value is -2.37. The summed E-state index contributed by atoms with van der Waals surface area (Å²) >= 11 is 0. The van der Waals surface area contributed by atoms with E-state index in [1.807, 2.05) is 6.07 Å². The fraction of sp³-hybridized carbons (Fsp3) is 0.500. The molecule has 0 fully saturated rings. The number of carbonyl (C=O) groups is 3. The van der Waals surface area contributed by atoms with Gasteiger partial charge in [-0.2, -0.15) is 0 Å². The van der Waals surface area contributed by atoms with Crippen molar-refractivity contribution in [1.82, 2.24) is 0 Å². The first kappa shape index (κ1) is 19.7. The number of hydrogen-bond acceptors (Lipinski definition) is 6. The predicted octanol–water partition coefficient (Wildman–Crippen LogP) is 2.81. The molecule has 1 rings (SSSR count). The van der Waals surface area contributed by atoms with Gasteiger partial charge in [0.05, 0.1) is 19.1 Å². The molecule has 0 saturated heterocycles. The van der Waals surface area contributed by atoms with Crippen LogP contribution in [0.2, 0.25) is 0 Å². The third-order valence-electron chi connectivity index (χ3n) is 3.34. The Balaban J connectivity index is 3.02. The van der Waals surface area contributed by atoms with Crippen LogP contribution in [-0.2, 0) is 28.6 Å². The van der Waals surface area contributed by atoms with Gasteiger partial charge in [0.1, 0.15) is 6.10 Å². The van der Waals surface area contributed by atoms with Crippen molar-refractivity contribution in [2.45, 2.75) is 39.7 Å². The van der Waals surface area contributed by atoms with Crippen LogP contribution in [-0.4, -0.2) is 31.1 Å². The SMILES string of the molecule is CCOC(=O)CCC(C(=O)OCC)C(OC(C)=O)c1ccccc1. The minimum absolute atomic E-state index is 0.0436. The molecule has 1 aromatic carbocycles. The topological polar surface area (TPSA) is 78.9 Å². The van der Waals surface area contributed by atoms with Crippen molar-refractivity contribution in [3.63, 3.8) is 0 Å². The summed E-state index contributed by atoms with van der Waals surface area (Å²) < 4.78 is 15.4. The zero-order valence-electron chi connectivity index (χ0n) is 14.3. The molecule has 0 aliphatic heterocycles. The molecule has 6 nitrogen and oxygen atoms in total. The fourth-order valence-electron chi connectivity index (χ4n) is 2.35. The van der Waals surface area contributed by atoms with Gasteiger partial charge >= 0.3 is 17.9 Å². The maximum absolute atomic E-state index is 12.3. The van der Waals surface area contributed by atoms with E-state index in [0.717, 1.165) is 0 Å². The van der Waals surface area contributed by atoms with Crippen LogP contribution in [0.3, 0.4) is 0 Å². The fourth-order valence-corrected chi connectivity index (χ4v) is 2.35. The Morgan fingerprint density at radius 1 is 1.00 bits per heavy atom. The van der Waals surface area contributed by atoms with Crippen LogP contribution in [0.25, 0.3) is 0 Å². The highest BCUT2D eigenvalue weighted by Crippen LogP contribution is 2.31. The maximum atomic E-state index is 12.3. The van der Waals surface area contributed by atoms with E-state index in [-0.39, 0.29) is 26.1 Å². The molecule has 0 aromatic heterocycles. The summed E-state index contributed by atoms with van der Waals surface area (Å²) in [5, 5.41) is 0. The molecule has 0 N–H and O–H groups in total. The van der Waals surface area contributed by atoms with Crippen LogP contribution in [0.5, 0.6) is 0 Å². The number of rotatable bonds is 9. The molecule has 2 atom stereocenters. The van der Waals surface area contributed by atoms with E-state index in [2.05, 4.69) is 0 Å². The molecule has 24 heavy (non-hydrogen) atoms. The van der Waals surface area contributed by atoms with E-state index < -0.39 is 29.9 Å². The molecule has 0 aliphatic rings. The second-order valence-electron chi connectivity index (χ2n) is 5.14. The van der Waals surface area contributed by atoms with Gasteiger partial charge in [-0.25, -0.2) is 0 Å². The minimum atomic E-state index is -0.808. The van der Waals surface area contributed by atoms with Crippen LogP contribution in [0.15, 0.2) is 30.3 Å². The van der Waals surface area contributed by atoms with Crippen LogP contribution in [0, 0.1) is 5.92 Å². The van der Waals surface area contributed by atoms with Crippen molar-refractivity contribution >= 4 is 17.9 Å². The Labute approximate surface area is 142 Å². The van der Waals surface area contributed by atoms with Crippen molar-refractivity contribution in [2.24, 2.45) is 5.92 Å². The van der Waals surface area contributed by atoms with Gasteiger partial charge in [0, 0.05) is 13.3 Å². The number of carbonyl (C=O) groups excluding carboxylic acids is 3. The quantitative estimate of drug-likeness (QED) is 0.510. The highest BCUT2D eigenvalue weighted by Gasteiger charge is 2.33. The smallest absolute Gasteiger partial charge is 0.313 e. The van der Waals surface area contributed by atoms with Crippen LogP contribution in [0.4, 0.5) is 0 Å². The molecule has 0 heterocycles. The van der Waals surface area contributed by atoms with Gasteiger partial charge in [-0.3, -0.25) is 14.4 Å². The zero-order chi connectivity index (χ0) is 17.9. The third-order valence-corrected chi connectivity index (χ3v) is 3.34. The number of benzene rings is 1. The lowest BCUT2D eigenvalue weighted by molar-refractivity contribution is -0.161. The zero-order valence-corrected chi connectivity index (χ0v) is 14.3. The Kier molecular flexibility index (Phi) is 8.54. The highest BCUT2D eigenvalue weighted by molar-refractivity contribution is 5.76. The minimum Gasteiger partial charge on any atom is -0.466 e. The molecule has 0 radical (unpaired) electrons. The highest BCUT2D eigenvalue weighted by atomic mass is 16.6. The van der Waals surface area contributed by atoms with Crippen LogP contribution >= 0.6 is 0 Å². The van der Waals surface area contributed by atoms with E-state index in [1.165, 1.54) is 6.92 Å². The second kappa shape index (κ2) is 10.4. The summed E-state index contributed by atoms with van der Waals surface area (Å²) in [7, 11) is 0. The summed E-state index contributed by atoms with van der Waals surface area (Å²) in [6, 6.07) is 8.94. The summed E-state index contributed by atoms with van der Waals surface area (Å²) in [6.07, 6.45) is -0.593. The first-order valence-corrected chi connectivity index (χ1v) is 8.04. The van der Waals surface area contributed by atoms with Crippen molar-refractivity contribution in [2.75, 3.05) is 13.2 Å². The lowest BCUT2D eigenvalue weighted by Gasteiger charge is -2.25. The molecule has 0 amide bonds. The van der Waals surface area contributed by atoms with Gasteiger partial charge in [-0.15, -0.1) is 0 Å². The summed E-state index contributed by atoms with van der Waals surface area (Å²) in [6.45, 7) is 5.17. The van der Waals surface area contributed by atoms with Crippen molar-refractivity contribution in [3.8, 4) is 0 Å². The van der Waals surface area contributed by atoms with Gasteiger partial charge in [0.15, 0.2) is 0 Å². The van der Waals surface area contributed by atoms with Crippen molar-refractivity contribution in [1.29, 1.82) is 0 Å². The largest absolute Gasteiger partial charge is 0.466 e. The van der Waals surface area contributed by atoms with Gasteiger partial charge < -0.3 is 14.2 Å². The molecule has 132 valence electrons. The number of hydrogen-bond donors (Lipinski definition) is 0. The van der Waals surface area contributed by atoms with Gasteiger partial charge in [0.2, 0.25) is 0 Å². The third kappa shape index (κ3) is 6.40. The second-order valence-corrected chi connectivity index (χ2v) is 5.14. The molecular formula is C18H24O6. The molecule has 1 aromatic rings. The standard InChI is InChI=1S/C18H24O6/c1-4-22-16(20)12-11-15(18(21)23-5-2)17(24-13(3)19)14-9-7-6-8-10-14/h6-10,15,17H,4-5,11-12H2,1-3H3. The van der Waals surface area contributed by atoms with Gasteiger partial charge in [0.25, 0.3) is 0 Å². The normalized spacial score (nSPS) is 12.8. The van der Waals surface area contributed by atoms with E-state index in [0.29, 0.717) is 5.56 Å². The van der Waals surface area contributed by atoms with Gasteiger partial charge in [-0.1, -0.05) is 30.3 Å². The number of ether oxygens (including phenoxy) is 3. The Morgan fingerprint density at radius 2 is 1.62 bits per heavy atom. The summed E-state index contributed by atoms with van der Waals surface area (Å²) in [5.41, 5.74) is 0.676. The maximum Gasteiger partial charge on any atom is 0.313 e.